The summed E-state index contributed by atoms with van der Waals surface area (Å²) >= 11 is 0. The van der Waals surface area contributed by atoms with Gasteiger partial charge in [-0.2, -0.15) is 31.6 Å². The third-order valence-electron chi connectivity index (χ3n) is 2.53. The predicted octanol–water partition coefficient (Wildman–Crippen LogP) is 2.32. The van der Waals surface area contributed by atoms with E-state index in [2.05, 4.69) is 15.4 Å². The van der Waals surface area contributed by atoms with Crippen molar-refractivity contribution in [3.05, 3.63) is 40.7 Å². The van der Waals surface area contributed by atoms with Crippen LogP contribution in [0.2, 0.25) is 0 Å². The maximum absolute atomic E-state index is 12.6. The van der Waals surface area contributed by atoms with Gasteiger partial charge in [-0.1, -0.05) is 5.21 Å². The number of aliphatic hydroxyl groups excluding tert-OH is 1. The molecule has 0 saturated carbocycles. The van der Waals surface area contributed by atoms with Gasteiger partial charge in [0.25, 0.3) is 0 Å². The number of nitrogens with zero attached hydrogens (tertiary/aromatic N) is 3. The van der Waals surface area contributed by atoms with Gasteiger partial charge in [0.1, 0.15) is 6.10 Å². The number of hydrogen-bond acceptors (Lipinski definition) is 4. The Balaban J connectivity index is 2.55. The van der Waals surface area contributed by atoms with Crippen LogP contribution in [0.1, 0.15) is 28.6 Å². The Kier molecular flexibility index (Phi) is 3.61. The van der Waals surface area contributed by atoms with Crippen LogP contribution < -0.4 is 0 Å². The summed E-state index contributed by atoms with van der Waals surface area (Å²) in [6, 6.07) is 0.763. The molecule has 114 valence electrons. The molecule has 21 heavy (non-hydrogen) atoms. The van der Waals surface area contributed by atoms with Crippen molar-refractivity contribution in [3.63, 3.8) is 0 Å². The molecule has 1 aromatic heterocycles. The smallest absolute Gasteiger partial charge is 0.380 e. The second-order valence-corrected chi connectivity index (χ2v) is 4.01. The maximum atomic E-state index is 12.6. The minimum Gasteiger partial charge on any atom is -0.380 e. The lowest BCUT2D eigenvalue weighted by molar-refractivity contribution is -0.143. The molecule has 0 amide bonds. The van der Waals surface area contributed by atoms with Crippen LogP contribution in [-0.4, -0.2) is 25.7 Å². The van der Waals surface area contributed by atoms with Gasteiger partial charge in [-0.15, -0.1) is 10.2 Å². The Bertz CT molecular complexity index is 589. The van der Waals surface area contributed by atoms with Crippen LogP contribution in [0.4, 0.5) is 26.3 Å². The Morgan fingerprint density at radius 2 is 1.48 bits per heavy atom. The Morgan fingerprint density at radius 1 is 0.952 bits per heavy atom. The van der Waals surface area contributed by atoms with Crippen LogP contribution in [0.15, 0.2) is 18.2 Å². The van der Waals surface area contributed by atoms with E-state index < -0.39 is 41.0 Å². The minimum atomic E-state index is -4.99. The van der Waals surface area contributed by atoms with Gasteiger partial charge in [-0.05, 0) is 23.8 Å². The zero-order valence-electron chi connectivity index (χ0n) is 9.87. The largest absolute Gasteiger partial charge is 0.416 e. The summed E-state index contributed by atoms with van der Waals surface area (Å²) in [6.07, 6.45) is -11.9. The van der Waals surface area contributed by atoms with Crippen LogP contribution in [0.3, 0.4) is 0 Å². The van der Waals surface area contributed by atoms with Gasteiger partial charge >= 0.3 is 12.4 Å². The van der Waals surface area contributed by atoms with Crippen molar-refractivity contribution < 1.29 is 31.4 Å². The van der Waals surface area contributed by atoms with E-state index in [1.54, 1.807) is 0 Å². The lowest BCUT2D eigenvalue weighted by atomic mass is 10.0. The molecule has 1 heterocycles. The van der Waals surface area contributed by atoms with Crippen LogP contribution >= 0.6 is 0 Å². The third-order valence-corrected chi connectivity index (χ3v) is 2.53. The first-order valence-electron chi connectivity index (χ1n) is 5.30. The van der Waals surface area contributed by atoms with Gasteiger partial charge in [0.2, 0.25) is 5.82 Å². The lowest BCUT2D eigenvalue weighted by Crippen LogP contribution is -2.13. The van der Waals surface area contributed by atoms with E-state index in [-0.39, 0.29) is 6.07 Å². The molecular formula is C10H6F6N4O. The van der Waals surface area contributed by atoms with E-state index in [0.29, 0.717) is 12.1 Å². The molecule has 0 aliphatic heterocycles. The van der Waals surface area contributed by atoms with Gasteiger partial charge in [0, 0.05) is 0 Å². The first-order chi connectivity index (χ1) is 9.59. The van der Waals surface area contributed by atoms with Gasteiger partial charge in [0.15, 0.2) is 0 Å². The van der Waals surface area contributed by atoms with E-state index in [4.69, 9.17) is 0 Å². The molecule has 0 fully saturated rings. The molecule has 0 saturated heterocycles. The van der Waals surface area contributed by atoms with E-state index in [1.165, 1.54) is 0 Å². The summed E-state index contributed by atoms with van der Waals surface area (Å²) in [7, 11) is 0. The standard InChI is InChI=1S/C10H6F6N4O/c11-9(12,13)5-1-4(2-6(3-5)10(14,15)16)7(21)8-17-19-20-18-8/h1-3,7,21H,(H,17,18,19,20). The molecule has 1 unspecified atom stereocenters. The molecule has 0 spiro atoms. The molecule has 0 radical (unpaired) electrons. The zero-order valence-corrected chi connectivity index (χ0v) is 9.87. The van der Waals surface area contributed by atoms with E-state index in [0.717, 1.165) is 0 Å². The summed E-state index contributed by atoms with van der Waals surface area (Å²) in [5.41, 5.74) is -3.71. The highest BCUT2D eigenvalue weighted by Crippen LogP contribution is 2.37. The Hall–Kier alpha value is -2.17. The molecule has 11 heteroatoms. The highest BCUT2D eigenvalue weighted by atomic mass is 19.4. The second-order valence-electron chi connectivity index (χ2n) is 4.01. The highest BCUT2D eigenvalue weighted by molar-refractivity contribution is 5.36. The van der Waals surface area contributed by atoms with Crippen molar-refractivity contribution in [2.24, 2.45) is 0 Å². The number of aromatic nitrogens is 4. The molecule has 5 nitrogen and oxygen atoms in total. The van der Waals surface area contributed by atoms with Gasteiger partial charge < -0.3 is 5.11 Å². The Labute approximate surface area is 112 Å². The number of benzene rings is 1. The fraction of sp³-hybridized carbons (Fsp3) is 0.300. The van der Waals surface area contributed by atoms with Crippen LogP contribution in [0.25, 0.3) is 0 Å². The number of alkyl halides is 6. The minimum absolute atomic E-state index is 0.0353. The van der Waals surface area contributed by atoms with Gasteiger partial charge in [-0.3, -0.25) is 0 Å². The normalized spacial score (nSPS) is 14.2. The van der Waals surface area contributed by atoms with Crippen molar-refractivity contribution in [1.82, 2.24) is 20.6 Å². The number of aliphatic hydroxyl groups is 1. The summed E-state index contributed by atoms with van der Waals surface area (Å²) in [5, 5.41) is 21.4. The molecule has 0 bridgehead atoms. The van der Waals surface area contributed by atoms with Crippen molar-refractivity contribution in [3.8, 4) is 0 Å². The fourth-order valence-corrected chi connectivity index (χ4v) is 1.57. The number of aromatic amines is 1. The van der Waals surface area contributed by atoms with E-state index in [1.807, 2.05) is 5.21 Å². The quantitative estimate of drug-likeness (QED) is 0.835. The highest BCUT2D eigenvalue weighted by Gasteiger charge is 2.37. The van der Waals surface area contributed by atoms with Crippen LogP contribution in [-0.2, 0) is 12.4 Å². The summed E-state index contributed by atoms with van der Waals surface area (Å²) in [5.74, 6) is -0.442. The number of halogens is 6. The van der Waals surface area contributed by atoms with Crippen molar-refractivity contribution in [2.75, 3.05) is 0 Å². The summed E-state index contributed by atoms with van der Waals surface area (Å²) in [4.78, 5) is 0. The van der Waals surface area contributed by atoms with Crippen LogP contribution in [0, 0.1) is 0 Å². The molecule has 2 aromatic rings. The second kappa shape index (κ2) is 4.98. The Morgan fingerprint density at radius 3 is 1.86 bits per heavy atom. The summed E-state index contributed by atoms with van der Waals surface area (Å²) < 4.78 is 75.9. The third kappa shape index (κ3) is 3.29. The predicted molar refractivity (Wildman–Crippen MR) is 54.7 cm³/mol. The first kappa shape index (κ1) is 15.2. The lowest BCUT2D eigenvalue weighted by Gasteiger charge is -2.15. The molecule has 2 rings (SSSR count). The van der Waals surface area contributed by atoms with E-state index >= 15 is 0 Å². The topological polar surface area (TPSA) is 74.7 Å². The monoisotopic (exact) mass is 312 g/mol. The average Bonchev–Trinajstić information content (AvgIpc) is 2.89. The fourth-order valence-electron chi connectivity index (χ4n) is 1.57. The summed E-state index contributed by atoms with van der Waals surface area (Å²) in [6.45, 7) is 0. The van der Waals surface area contributed by atoms with Gasteiger partial charge in [-0.25, -0.2) is 0 Å². The number of rotatable bonds is 2. The number of hydrogen-bond donors (Lipinski definition) is 2. The van der Waals surface area contributed by atoms with Crippen molar-refractivity contribution in [1.29, 1.82) is 0 Å². The number of tetrazole rings is 1. The maximum Gasteiger partial charge on any atom is 0.416 e. The first-order valence-corrected chi connectivity index (χ1v) is 5.30. The van der Waals surface area contributed by atoms with E-state index in [9.17, 15) is 31.4 Å². The molecule has 0 aliphatic rings. The zero-order chi connectivity index (χ0) is 15.8. The van der Waals surface area contributed by atoms with Gasteiger partial charge in [0.05, 0.1) is 11.1 Å². The average molecular weight is 312 g/mol. The van der Waals surface area contributed by atoms with Crippen molar-refractivity contribution in [2.45, 2.75) is 18.5 Å². The molecule has 1 atom stereocenters. The SMILES string of the molecule is OC(c1cc(C(F)(F)F)cc(C(F)(F)F)c1)c1nn[nH]n1. The van der Waals surface area contributed by atoms with Crippen molar-refractivity contribution >= 4 is 0 Å². The molecule has 2 N–H and O–H groups in total. The number of nitrogens with one attached hydrogen (secondary N) is 1. The molecule has 1 aromatic carbocycles. The molecule has 0 aliphatic carbocycles. The molecular weight excluding hydrogens is 306 g/mol. The van der Waals surface area contributed by atoms with Crippen LogP contribution in [0.5, 0.6) is 0 Å². The number of H-pyrrole nitrogens is 1.